The van der Waals surface area contributed by atoms with E-state index in [0.29, 0.717) is 5.02 Å². The smallest absolute Gasteiger partial charge is 0.237 e. The van der Waals surface area contributed by atoms with Crippen molar-refractivity contribution >= 4 is 54.9 Å². The van der Waals surface area contributed by atoms with Gasteiger partial charge in [-0.2, -0.15) is 0 Å². The van der Waals surface area contributed by atoms with Crippen LogP contribution in [0.4, 0.5) is 5.69 Å². The summed E-state index contributed by atoms with van der Waals surface area (Å²) in [7, 11) is 1.75. The Labute approximate surface area is 170 Å². The highest BCUT2D eigenvalue weighted by Crippen LogP contribution is 2.50. The van der Waals surface area contributed by atoms with Crippen molar-refractivity contribution in [2.24, 2.45) is 10.5 Å². The van der Waals surface area contributed by atoms with Crippen LogP contribution in [0.3, 0.4) is 0 Å². The maximum Gasteiger partial charge on any atom is 0.237 e. The van der Waals surface area contributed by atoms with E-state index in [-0.39, 0.29) is 12.5 Å². The molecule has 0 fully saturated rings. The molecule has 1 heterocycles. The van der Waals surface area contributed by atoms with Crippen molar-refractivity contribution in [3.8, 4) is 0 Å². The Morgan fingerprint density at radius 3 is 2.58 bits per heavy atom. The first-order chi connectivity index (χ1) is 12.4. The van der Waals surface area contributed by atoms with Crippen LogP contribution in [0.15, 0.2) is 53.6 Å². The Kier molecular flexibility index (Phi) is 5.27. The molecule has 7 heteroatoms. The maximum absolute atomic E-state index is 13.2. The number of halogens is 2. The number of carbonyl (C=O) groups is 1. The summed E-state index contributed by atoms with van der Waals surface area (Å²) in [6.45, 7) is 1.89. The second kappa shape index (κ2) is 7.31. The first-order valence-electron chi connectivity index (χ1n) is 7.95. The van der Waals surface area contributed by atoms with Crippen molar-refractivity contribution in [1.29, 1.82) is 0 Å². The van der Waals surface area contributed by atoms with Gasteiger partial charge in [0.25, 0.3) is 0 Å². The summed E-state index contributed by atoms with van der Waals surface area (Å²) in [6.07, 6.45) is 0. The van der Waals surface area contributed by atoms with Crippen molar-refractivity contribution in [2.45, 2.75) is 6.92 Å². The molecule has 0 saturated heterocycles. The van der Waals surface area contributed by atoms with Crippen molar-refractivity contribution < 1.29 is 4.79 Å². The van der Waals surface area contributed by atoms with E-state index in [0.717, 1.165) is 26.0 Å². The quantitative estimate of drug-likeness (QED) is 0.233. The predicted molar refractivity (Wildman–Crippen MR) is 114 cm³/mol. The van der Waals surface area contributed by atoms with Crippen LogP contribution in [-0.2, 0) is 4.79 Å². The summed E-state index contributed by atoms with van der Waals surface area (Å²) in [6, 6.07) is 15.3. The van der Waals surface area contributed by atoms with E-state index in [1.54, 1.807) is 11.9 Å². The largest absolute Gasteiger partial charge is 0.314 e. The minimum absolute atomic E-state index is 0.0520. The molecule has 1 aliphatic heterocycles. The lowest BCUT2D eigenvalue weighted by atomic mass is 9.73. The molecule has 1 aliphatic rings. The van der Waals surface area contributed by atoms with Crippen molar-refractivity contribution in [3.63, 3.8) is 0 Å². The SMILES string of the molecule is CN1C(=O)C(C)(CN=[N+]=[N-])/C(=C(/I)c2ccc(Cl)cc2)c2ccccc21. The molecule has 1 unspecified atom stereocenters. The summed E-state index contributed by atoms with van der Waals surface area (Å²) in [5.74, 6) is -0.0956. The molecule has 0 aliphatic carbocycles. The minimum atomic E-state index is -0.953. The summed E-state index contributed by atoms with van der Waals surface area (Å²) in [5, 5.41) is 4.39. The van der Waals surface area contributed by atoms with E-state index in [4.69, 9.17) is 17.1 Å². The normalized spacial score (nSPS) is 21.1. The van der Waals surface area contributed by atoms with Gasteiger partial charge in [0.2, 0.25) is 5.91 Å². The van der Waals surface area contributed by atoms with Crippen LogP contribution in [0.2, 0.25) is 5.02 Å². The van der Waals surface area contributed by atoms with Crippen LogP contribution in [0.25, 0.3) is 19.6 Å². The number of para-hydroxylation sites is 1. The zero-order valence-electron chi connectivity index (χ0n) is 14.3. The van der Waals surface area contributed by atoms with Gasteiger partial charge in [0.15, 0.2) is 0 Å². The lowest BCUT2D eigenvalue weighted by Gasteiger charge is -2.41. The molecule has 0 bridgehead atoms. The summed E-state index contributed by atoms with van der Waals surface area (Å²) in [4.78, 5) is 17.7. The van der Waals surface area contributed by atoms with Gasteiger partial charge in [-0.3, -0.25) is 4.79 Å². The zero-order valence-corrected chi connectivity index (χ0v) is 17.2. The average molecular weight is 479 g/mol. The topological polar surface area (TPSA) is 69.1 Å². The monoisotopic (exact) mass is 478 g/mol. The molecular formula is C19H16ClIN4O. The fourth-order valence-corrected chi connectivity index (χ4v) is 4.65. The van der Waals surface area contributed by atoms with Crippen molar-refractivity contribution in [2.75, 3.05) is 18.5 Å². The molecule has 2 aromatic carbocycles. The lowest BCUT2D eigenvalue weighted by Crippen LogP contribution is -2.47. The van der Waals surface area contributed by atoms with Crippen LogP contribution in [-0.4, -0.2) is 19.5 Å². The van der Waals surface area contributed by atoms with E-state index in [9.17, 15) is 4.79 Å². The zero-order chi connectivity index (χ0) is 18.9. The summed E-state index contributed by atoms with van der Waals surface area (Å²) >= 11 is 8.28. The first-order valence-corrected chi connectivity index (χ1v) is 9.40. The van der Waals surface area contributed by atoms with E-state index >= 15 is 0 Å². The van der Waals surface area contributed by atoms with Gasteiger partial charge in [0.05, 0.1) is 11.1 Å². The fraction of sp³-hybridized carbons (Fsp3) is 0.211. The molecular weight excluding hydrogens is 463 g/mol. The van der Waals surface area contributed by atoms with Crippen LogP contribution in [0.5, 0.6) is 0 Å². The minimum Gasteiger partial charge on any atom is -0.314 e. The van der Waals surface area contributed by atoms with Crippen LogP contribution in [0, 0.1) is 5.41 Å². The van der Waals surface area contributed by atoms with Gasteiger partial charge in [-0.25, -0.2) is 0 Å². The third kappa shape index (κ3) is 3.09. The number of hydrogen-bond donors (Lipinski definition) is 0. The molecule has 1 amide bonds. The number of benzene rings is 2. The van der Waals surface area contributed by atoms with Crippen LogP contribution in [0.1, 0.15) is 18.1 Å². The molecule has 0 saturated carbocycles. The summed E-state index contributed by atoms with van der Waals surface area (Å²) in [5.41, 5.74) is 11.5. The van der Waals surface area contributed by atoms with E-state index in [1.165, 1.54) is 0 Å². The van der Waals surface area contributed by atoms with Crippen LogP contribution >= 0.6 is 34.2 Å². The predicted octanol–water partition coefficient (Wildman–Crippen LogP) is 5.94. The fourth-order valence-electron chi connectivity index (χ4n) is 3.28. The van der Waals surface area contributed by atoms with Gasteiger partial charge in [-0.1, -0.05) is 47.0 Å². The number of fused-ring (bicyclic) bond motifs is 1. The third-order valence-corrected chi connectivity index (χ3v) is 6.04. The van der Waals surface area contributed by atoms with Crippen molar-refractivity contribution in [1.82, 2.24) is 0 Å². The summed E-state index contributed by atoms with van der Waals surface area (Å²) < 4.78 is 0.934. The van der Waals surface area contributed by atoms with Gasteiger partial charge in [0, 0.05) is 32.7 Å². The Hall–Kier alpha value is -2.02. The van der Waals surface area contributed by atoms with Crippen molar-refractivity contribution in [3.05, 3.63) is 75.1 Å². The molecule has 0 radical (unpaired) electrons. The number of azide groups is 1. The van der Waals surface area contributed by atoms with Gasteiger partial charge in [-0.05, 0) is 64.4 Å². The highest BCUT2D eigenvalue weighted by atomic mass is 127. The first kappa shape index (κ1) is 18.8. The van der Waals surface area contributed by atoms with Crippen LogP contribution < -0.4 is 4.90 Å². The molecule has 2 aromatic rings. The maximum atomic E-state index is 13.2. The van der Waals surface area contributed by atoms with E-state index < -0.39 is 5.41 Å². The van der Waals surface area contributed by atoms with E-state index in [2.05, 4.69) is 32.6 Å². The lowest BCUT2D eigenvalue weighted by molar-refractivity contribution is -0.124. The van der Waals surface area contributed by atoms with Gasteiger partial charge in [-0.15, -0.1) is 0 Å². The number of hydrogen-bond acceptors (Lipinski definition) is 2. The standard InChI is InChI=1S/C19H16ClIN4O/c1-19(11-23-24-22)16(17(21)12-7-9-13(20)10-8-12)14-5-3-4-6-15(14)25(2)18(19)26/h3-10H,11H2,1-2H3/b17-16+. The van der Waals surface area contributed by atoms with E-state index in [1.807, 2.05) is 55.5 Å². The van der Waals surface area contributed by atoms with Gasteiger partial charge >= 0.3 is 0 Å². The molecule has 1 atom stereocenters. The molecule has 132 valence electrons. The second-order valence-corrected chi connectivity index (χ2v) is 7.81. The molecule has 5 nitrogen and oxygen atoms in total. The Morgan fingerprint density at radius 2 is 1.92 bits per heavy atom. The second-order valence-electron chi connectivity index (χ2n) is 6.30. The molecule has 0 aromatic heterocycles. The molecule has 0 spiro atoms. The molecule has 3 rings (SSSR count). The Balaban J connectivity index is 2.33. The number of rotatable bonds is 3. The highest BCUT2D eigenvalue weighted by Gasteiger charge is 2.45. The Bertz CT molecular complexity index is 950. The molecule has 26 heavy (non-hydrogen) atoms. The number of amides is 1. The number of carbonyl (C=O) groups excluding carboxylic acids is 1. The van der Waals surface area contributed by atoms with Gasteiger partial charge in [0.1, 0.15) is 0 Å². The number of anilines is 1. The average Bonchev–Trinajstić information content (AvgIpc) is 2.65. The third-order valence-electron chi connectivity index (χ3n) is 4.63. The molecule has 0 N–H and O–H groups in total. The number of nitrogens with zero attached hydrogens (tertiary/aromatic N) is 4. The Morgan fingerprint density at radius 1 is 1.27 bits per heavy atom. The van der Waals surface area contributed by atoms with Gasteiger partial charge < -0.3 is 4.90 Å². The highest BCUT2D eigenvalue weighted by molar-refractivity contribution is 14.1.